The minimum Gasteiger partial charge on any atom is -0.481 e. The molecular formula is C15H20N2O4. The van der Waals surface area contributed by atoms with Crippen LogP contribution in [-0.2, 0) is 9.59 Å². The summed E-state index contributed by atoms with van der Waals surface area (Å²) in [6, 6.07) is 3.32. The molecule has 2 rings (SSSR count). The molecule has 1 fully saturated rings. The first kappa shape index (κ1) is 15.3. The number of carbonyl (C=O) groups excluding carboxylic acids is 1. The molecule has 0 radical (unpaired) electrons. The van der Waals surface area contributed by atoms with Crippen molar-refractivity contribution in [1.82, 2.24) is 4.98 Å². The lowest BCUT2D eigenvalue weighted by atomic mass is 9.71. The fraction of sp³-hybridized carbons (Fsp3) is 0.533. The Hall–Kier alpha value is -2.11. The number of aromatic nitrogens is 1. The molecule has 1 aromatic heterocycles. The Balaban J connectivity index is 2.00. The van der Waals surface area contributed by atoms with Crippen LogP contribution in [0.15, 0.2) is 18.3 Å². The topological polar surface area (TPSA) is 88.5 Å². The third-order valence-electron chi connectivity index (χ3n) is 3.99. The van der Waals surface area contributed by atoms with Gasteiger partial charge in [-0.2, -0.15) is 0 Å². The van der Waals surface area contributed by atoms with Crippen molar-refractivity contribution in [2.24, 2.45) is 5.41 Å². The molecule has 2 N–H and O–H groups in total. The van der Waals surface area contributed by atoms with Crippen LogP contribution in [-0.4, -0.2) is 29.1 Å². The van der Waals surface area contributed by atoms with Gasteiger partial charge in [0, 0.05) is 12.5 Å². The van der Waals surface area contributed by atoms with Crippen LogP contribution < -0.4 is 10.1 Å². The van der Waals surface area contributed by atoms with E-state index in [0.717, 1.165) is 19.3 Å². The molecule has 1 aromatic rings. The van der Waals surface area contributed by atoms with E-state index in [4.69, 9.17) is 4.74 Å². The van der Waals surface area contributed by atoms with Crippen molar-refractivity contribution in [2.75, 3.05) is 12.4 Å². The van der Waals surface area contributed by atoms with E-state index in [9.17, 15) is 14.7 Å². The van der Waals surface area contributed by atoms with Gasteiger partial charge in [-0.15, -0.1) is 0 Å². The molecular weight excluding hydrogens is 272 g/mol. The SMILES string of the molecule is COc1ccc(NC(=O)CC2(C(=O)O)CCCCC2)cn1. The first-order valence-electron chi connectivity index (χ1n) is 7.09. The van der Waals surface area contributed by atoms with Gasteiger partial charge >= 0.3 is 5.97 Å². The van der Waals surface area contributed by atoms with Crippen LogP contribution in [0.1, 0.15) is 38.5 Å². The van der Waals surface area contributed by atoms with Crippen LogP contribution in [0.4, 0.5) is 5.69 Å². The van der Waals surface area contributed by atoms with E-state index in [2.05, 4.69) is 10.3 Å². The van der Waals surface area contributed by atoms with Crippen molar-refractivity contribution >= 4 is 17.6 Å². The van der Waals surface area contributed by atoms with Crippen LogP contribution in [0.3, 0.4) is 0 Å². The summed E-state index contributed by atoms with van der Waals surface area (Å²) >= 11 is 0. The molecule has 21 heavy (non-hydrogen) atoms. The number of pyridine rings is 1. The third kappa shape index (κ3) is 3.71. The van der Waals surface area contributed by atoms with Crippen LogP contribution in [0, 0.1) is 5.41 Å². The van der Waals surface area contributed by atoms with Crippen LogP contribution in [0.5, 0.6) is 5.88 Å². The highest BCUT2D eigenvalue weighted by atomic mass is 16.5. The molecule has 0 aromatic carbocycles. The number of hydrogen-bond acceptors (Lipinski definition) is 4. The zero-order valence-corrected chi connectivity index (χ0v) is 12.1. The molecule has 0 atom stereocenters. The second kappa shape index (κ2) is 6.56. The molecule has 1 aliphatic rings. The summed E-state index contributed by atoms with van der Waals surface area (Å²) in [6.07, 6.45) is 5.40. The van der Waals surface area contributed by atoms with Gasteiger partial charge < -0.3 is 15.2 Å². The average molecular weight is 292 g/mol. The Labute approximate surface area is 123 Å². The number of carboxylic acid groups (broad SMARTS) is 1. The number of nitrogens with zero attached hydrogens (tertiary/aromatic N) is 1. The van der Waals surface area contributed by atoms with Crippen molar-refractivity contribution in [2.45, 2.75) is 38.5 Å². The lowest BCUT2D eigenvalue weighted by molar-refractivity contribution is -0.153. The fourth-order valence-corrected chi connectivity index (χ4v) is 2.78. The Morgan fingerprint density at radius 2 is 2.05 bits per heavy atom. The molecule has 6 heteroatoms. The molecule has 1 aliphatic carbocycles. The zero-order valence-electron chi connectivity index (χ0n) is 12.1. The first-order chi connectivity index (χ1) is 10.1. The van der Waals surface area contributed by atoms with Crippen molar-refractivity contribution in [3.63, 3.8) is 0 Å². The summed E-state index contributed by atoms with van der Waals surface area (Å²) in [6.45, 7) is 0. The molecule has 114 valence electrons. The van der Waals surface area contributed by atoms with Gasteiger partial charge in [0.25, 0.3) is 0 Å². The van der Waals surface area contributed by atoms with Gasteiger partial charge in [-0.3, -0.25) is 9.59 Å². The standard InChI is InChI=1S/C15H20N2O4/c1-21-13-6-5-11(10-16-13)17-12(18)9-15(14(19)20)7-3-2-4-8-15/h5-6,10H,2-4,7-9H2,1H3,(H,17,18)(H,19,20). The molecule has 6 nitrogen and oxygen atoms in total. The highest BCUT2D eigenvalue weighted by Crippen LogP contribution is 2.39. The molecule has 0 unspecified atom stereocenters. The highest BCUT2D eigenvalue weighted by molar-refractivity contribution is 5.94. The number of methoxy groups -OCH3 is 1. The smallest absolute Gasteiger partial charge is 0.310 e. The van der Waals surface area contributed by atoms with Crippen molar-refractivity contribution < 1.29 is 19.4 Å². The normalized spacial score (nSPS) is 17.0. The number of ether oxygens (including phenoxy) is 1. The van der Waals surface area contributed by atoms with E-state index in [-0.39, 0.29) is 12.3 Å². The number of rotatable bonds is 5. The van der Waals surface area contributed by atoms with Gasteiger partial charge in [-0.05, 0) is 18.9 Å². The number of hydrogen-bond donors (Lipinski definition) is 2. The molecule has 1 saturated carbocycles. The fourth-order valence-electron chi connectivity index (χ4n) is 2.78. The van der Waals surface area contributed by atoms with Crippen LogP contribution >= 0.6 is 0 Å². The number of anilines is 1. The van der Waals surface area contributed by atoms with E-state index >= 15 is 0 Å². The van der Waals surface area contributed by atoms with Gasteiger partial charge in [0.2, 0.25) is 11.8 Å². The summed E-state index contributed by atoms with van der Waals surface area (Å²) in [7, 11) is 1.51. The molecule has 0 aliphatic heterocycles. The van der Waals surface area contributed by atoms with Gasteiger partial charge in [-0.25, -0.2) is 4.98 Å². The molecule has 1 amide bonds. The summed E-state index contributed by atoms with van der Waals surface area (Å²) in [5.74, 6) is -0.696. The van der Waals surface area contributed by atoms with E-state index < -0.39 is 11.4 Å². The predicted octanol–water partition coefficient (Wildman–Crippen LogP) is 2.45. The average Bonchev–Trinajstić information content (AvgIpc) is 2.48. The zero-order chi connectivity index (χ0) is 15.3. The Bertz CT molecular complexity index is 507. The summed E-state index contributed by atoms with van der Waals surface area (Å²) in [4.78, 5) is 27.6. The number of carboxylic acids is 1. The van der Waals surface area contributed by atoms with Crippen LogP contribution in [0.2, 0.25) is 0 Å². The lowest BCUT2D eigenvalue weighted by Crippen LogP contribution is -2.37. The number of nitrogens with one attached hydrogen (secondary N) is 1. The minimum atomic E-state index is -0.914. The first-order valence-corrected chi connectivity index (χ1v) is 7.09. The van der Waals surface area contributed by atoms with Gasteiger partial charge in [-0.1, -0.05) is 19.3 Å². The molecule has 0 bridgehead atoms. The Kier molecular flexibility index (Phi) is 4.77. The maximum absolute atomic E-state index is 12.1. The second-order valence-corrected chi connectivity index (χ2v) is 5.46. The van der Waals surface area contributed by atoms with E-state index in [1.807, 2.05) is 0 Å². The maximum atomic E-state index is 12.1. The van der Waals surface area contributed by atoms with Crippen molar-refractivity contribution in [1.29, 1.82) is 0 Å². The Morgan fingerprint density at radius 1 is 1.33 bits per heavy atom. The molecule has 1 heterocycles. The van der Waals surface area contributed by atoms with E-state index in [1.54, 1.807) is 12.1 Å². The van der Waals surface area contributed by atoms with Crippen LogP contribution in [0.25, 0.3) is 0 Å². The lowest BCUT2D eigenvalue weighted by Gasteiger charge is -2.32. The number of carbonyl (C=O) groups is 2. The quantitative estimate of drug-likeness (QED) is 0.870. The highest BCUT2D eigenvalue weighted by Gasteiger charge is 2.41. The Morgan fingerprint density at radius 3 is 2.57 bits per heavy atom. The number of amides is 1. The summed E-state index contributed by atoms with van der Waals surface area (Å²) in [5.41, 5.74) is -0.375. The van der Waals surface area contributed by atoms with Gasteiger partial charge in [0.1, 0.15) is 0 Å². The second-order valence-electron chi connectivity index (χ2n) is 5.46. The predicted molar refractivity (Wildman–Crippen MR) is 77.2 cm³/mol. The third-order valence-corrected chi connectivity index (χ3v) is 3.99. The minimum absolute atomic E-state index is 0.00830. The number of aliphatic carboxylic acids is 1. The monoisotopic (exact) mass is 292 g/mol. The van der Waals surface area contributed by atoms with Gasteiger partial charge in [0.05, 0.1) is 24.4 Å². The summed E-state index contributed by atoms with van der Waals surface area (Å²) in [5, 5.41) is 12.2. The van der Waals surface area contributed by atoms with Gasteiger partial charge in [0.15, 0.2) is 0 Å². The van der Waals surface area contributed by atoms with E-state index in [0.29, 0.717) is 24.4 Å². The van der Waals surface area contributed by atoms with Crippen molar-refractivity contribution in [3.8, 4) is 5.88 Å². The molecule has 0 saturated heterocycles. The largest absolute Gasteiger partial charge is 0.481 e. The molecule has 0 spiro atoms. The summed E-state index contributed by atoms with van der Waals surface area (Å²) < 4.78 is 4.94. The maximum Gasteiger partial charge on any atom is 0.310 e. The van der Waals surface area contributed by atoms with Crippen molar-refractivity contribution in [3.05, 3.63) is 18.3 Å². The van der Waals surface area contributed by atoms with E-state index in [1.165, 1.54) is 13.3 Å².